The van der Waals surface area contributed by atoms with Gasteiger partial charge in [0.15, 0.2) is 0 Å². The average Bonchev–Trinajstić information content (AvgIpc) is 2.67. The van der Waals surface area contributed by atoms with Gasteiger partial charge in [-0.2, -0.15) is 0 Å². The van der Waals surface area contributed by atoms with Gasteiger partial charge < -0.3 is 20.0 Å². The molecule has 0 aromatic carbocycles. The Morgan fingerprint density at radius 3 is 2.56 bits per heavy atom. The topological polar surface area (TPSA) is 81.1 Å². The highest BCUT2D eigenvalue weighted by atomic mass is 16.4. The minimum Gasteiger partial charge on any atom is -0.480 e. The molecule has 0 unspecified atom stereocenters. The zero-order chi connectivity index (χ0) is 13.9. The molecular formula is C12H20N2O4. The normalized spacial score (nSPS) is 22.9. The van der Waals surface area contributed by atoms with E-state index in [-0.39, 0.29) is 19.0 Å². The molecule has 0 aromatic rings. The molecule has 6 heteroatoms. The summed E-state index contributed by atoms with van der Waals surface area (Å²) in [5.74, 6) is -1.08. The van der Waals surface area contributed by atoms with Crippen LogP contribution in [0, 0.1) is 0 Å². The van der Waals surface area contributed by atoms with Crippen LogP contribution in [0.25, 0.3) is 0 Å². The van der Waals surface area contributed by atoms with Gasteiger partial charge in [0, 0.05) is 26.1 Å². The van der Waals surface area contributed by atoms with E-state index in [1.807, 2.05) is 13.8 Å². The predicted molar refractivity (Wildman–Crippen MR) is 66.2 cm³/mol. The summed E-state index contributed by atoms with van der Waals surface area (Å²) < 4.78 is 0. The smallest absolute Gasteiger partial charge is 0.326 e. The second-order valence-corrected chi connectivity index (χ2v) is 4.65. The fourth-order valence-electron chi connectivity index (χ4n) is 2.08. The van der Waals surface area contributed by atoms with Gasteiger partial charge in [-0.25, -0.2) is 9.59 Å². The van der Waals surface area contributed by atoms with Crippen molar-refractivity contribution >= 4 is 12.0 Å². The predicted octanol–water partition coefficient (Wildman–Crippen LogP) is 0.524. The molecule has 102 valence electrons. The van der Waals surface area contributed by atoms with Crippen molar-refractivity contribution in [1.82, 2.24) is 9.80 Å². The molecule has 0 aliphatic carbocycles. The molecule has 6 nitrogen and oxygen atoms in total. The van der Waals surface area contributed by atoms with Crippen LogP contribution in [0.4, 0.5) is 4.79 Å². The lowest BCUT2D eigenvalue weighted by atomic mass is 10.2. The fourth-order valence-corrected chi connectivity index (χ4v) is 2.08. The number of nitrogens with zero attached hydrogens (tertiary/aromatic N) is 2. The molecule has 2 atom stereocenters. The van der Waals surface area contributed by atoms with Gasteiger partial charge in [0.25, 0.3) is 0 Å². The van der Waals surface area contributed by atoms with Crippen molar-refractivity contribution in [3.63, 3.8) is 0 Å². The van der Waals surface area contributed by atoms with Gasteiger partial charge in [0.2, 0.25) is 0 Å². The lowest BCUT2D eigenvalue weighted by molar-refractivity contribution is -0.141. The molecule has 0 saturated carbocycles. The quantitative estimate of drug-likeness (QED) is 0.719. The van der Waals surface area contributed by atoms with Crippen molar-refractivity contribution in [2.75, 3.05) is 19.6 Å². The summed E-state index contributed by atoms with van der Waals surface area (Å²) in [4.78, 5) is 26.0. The Morgan fingerprint density at radius 1 is 1.50 bits per heavy atom. The van der Waals surface area contributed by atoms with E-state index < -0.39 is 18.1 Å². The molecule has 1 aliphatic heterocycles. The van der Waals surface area contributed by atoms with Crippen LogP contribution in [0.5, 0.6) is 0 Å². The zero-order valence-electron chi connectivity index (χ0n) is 10.8. The van der Waals surface area contributed by atoms with E-state index in [4.69, 9.17) is 5.11 Å². The number of rotatable bonds is 4. The van der Waals surface area contributed by atoms with Crippen molar-refractivity contribution in [3.05, 3.63) is 12.2 Å². The number of urea groups is 1. The minimum atomic E-state index is -1.08. The van der Waals surface area contributed by atoms with Crippen LogP contribution in [0.15, 0.2) is 12.2 Å². The van der Waals surface area contributed by atoms with E-state index in [0.717, 1.165) is 5.57 Å². The summed E-state index contributed by atoms with van der Waals surface area (Å²) in [6.45, 7) is 8.32. The van der Waals surface area contributed by atoms with Crippen LogP contribution in [0.3, 0.4) is 0 Å². The van der Waals surface area contributed by atoms with Crippen LogP contribution in [0.1, 0.15) is 20.3 Å². The molecule has 1 fully saturated rings. The van der Waals surface area contributed by atoms with Crippen LogP contribution in [-0.4, -0.2) is 63.8 Å². The largest absolute Gasteiger partial charge is 0.480 e. The number of aliphatic hydroxyl groups is 1. The molecule has 18 heavy (non-hydrogen) atoms. The van der Waals surface area contributed by atoms with Gasteiger partial charge in [-0.3, -0.25) is 0 Å². The second kappa shape index (κ2) is 5.86. The van der Waals surface area contributed by atoms with Crippen LogP contribution in [0.2, 0.25) is 0 Å². The molecule has 0 radical (unpaired) electrons. The van der Waals surface area contributed by atoms with Gasteiger partial charge in [0.05, 0.1) is 6.10 Å². The highest BCUT2D eigenvalue weighted by Gasteiger charge is 2.40. The van der Waals surface area contributed by atoms with Gasteiger partial charge in [-0.05, 0) is 13.8 Å². The molecule has 1 aliphatic rings. The Hall–Kier alpha value is -1.56. The Morgan fingerprint density at radius 2 is 2.11 bits per heavy atom. The first-order valence-corrected chi connectivity index (χ1v) is 5.97. The molecule has 2 N–H and O–H groups in total. The lowest BCUT2D eigenvalue weighted by Crippen LogP contribution is -2.48. The monoisotopic (exact) mass is 256 g/mol. The van der Waals surface area contributed by atoms with E-state index in [0.29, 0.717) is 13.1 Å². The van der Waals surface area contributed by atoms with E-state index >= 15 is 0 Å². The first kappa shape index (κ1) is 14.5. The summed E-state index contributed by atoms with van der Waals surface area (Å²) in [6.07, 6.45) is -0.676. The summed E-state index contributed by atoms with van der Waals surface area (Å²) in [7, 11) is 0. The number of carboxylic acid groups (broad SMARTS) is 1. The SMILES string of the molecule is C=C(C)CN(CC)C(=O)N1C[C@H](O)C[C@H]1C(=O)O. The van der Waals surface area contributed by atoms with E-state index in [9.17, 15) is 14.7 Å². The second-order valence-electron chi connectivity index (χ2n) is 4.65. The number of carbonyl (C=O) groups is 2. The maximum atomic E-state index is 12.2. The highest BCUT2D eigenvalue weighted by molar-refractivity contribution is 5.83. The van der Waals surface area contributed by atoms with Crippen molar-refractivity contribution in [3.8, 4) is 0 Å². The Kier molecular flexibility index (Phi) is 4.72. The Bertz CT molecular complexity index is 356. The number of carbonyl (C=O) groups excluding carboxylic acids is 1. The number of β-amino-alcohol motifs (C(OH)–C–C–N with tert-alkyl or cyclic N) is 1. The molecule has 0 spiro atoms. The van der Waals surface area contributed by atoms with Crippen LogP contribution < -0.4 is 0 Å². The molecule has 1 rings (SSSR count). The zero-order valence-corrected chi connectivity index (χ0v) is 10.8. The van der Waals surface area contributed by atoms with Crippen LogP contribution >= 0.6 is 0 Å². The summed E-state index contributed by atoms with van der Waals surface area (Å²) in [6, 6.07) is -1.30. The van der Waals surface area contributed by atoms with Crippen molar-refractivity contribution in [2.45, 2.75) is 32.4 Å². The van der Waals surface area contributed by atoms with E-state index in [1.54, 1.807) is 0 Å². The number of likely N-dealkylation sites (tertiary alicyclic amines) is 1. The third-order valence-corrected chi connectivity index (χ3v) is 2.92. The first-order valence-electron chi connectivity index (χ1n) is 5.97. The molecule has 0 aromatic heterocycles. The number of aliphatic carboxylic acids is 1. The third kappa shape index (κ3) is 3.22. The van der Waals surface area contributed by atoms with Crippen molar-refractivity contribution in [2.24, 2.45) is 0 Å². The highest BCUT2D eigenvalue weighted by Crippen LogP contribution is 2.20. The van der Waals surface area contributed by atoms with Crippen LogP contribution in [-0.2, 0) is 4.79 Å². The number of likely N-dealkylation sites (N-methyl/N-ethyl adjacent to an activating group) is 1. The number of carboxylic acids is 1. The average molecular weight is 256 g/mol. The summed E-state index contributed by atoms with van der Waals surface area (Å²) in [5, 5.41) is 18.6. The number of aliphatic hydroxyl groups excluding tert-OH is 1. The van der Waals surface area contributed by atoms with Gasteiger partial charge in [-0.15, -0.1) is 0 Å². The number of hydrogen-bond donors (Lipinski definition) is 2. The molecule has 1 saturated heterocycles. The van der Waals surface area contributed by atoms with Gasteiger partial charge in [0.1, 0.15) is 6.04 Å². The van der Waals surface area contributed by atoms with E-state index in [1.165, 1.54) is 9.80 Å². The maximum Gasteiger partial charge on any atom is 0.326 e. The fraction of sp³-hybridized carbons (Fsp3) is 0.667. The lowest BCUT2D eigenvalue weighted by Gasteiger charge is -2.29. The maximum absolute atomic E-state index is 12.2. The Balaban J connectivity index is 2.80. The van der Waals surface area contributed by atoms with Crippen molar-refractivity contribution in [1.29, 1.82) is 0 Å². The van der Waals surface area contributed by atoms with Crippen molar-refractivity contribution < 1.29 is 19.8 Å². The van der Waals surface area contributed by atoms with Gasteiger partial charge >= 0.3 is 12.0 Å². The molecular weight excluding hydrogens is 236 g/mol. The first-order chi connectivity index (χ1) is 8.36. The standard InChI is InChI=1S/C12H20N2O4/c1-4-13(6-8(2)3)12(18)14-7-9(15)5-10(14)11(16)17/h9-10,15H,2,4-7H2,1,3H3,(H,16,17)/t9-,10+/m1/s1. The van der Waals surface area contributed by atoms with E-state index in [2.05, 4.69) is 6.58 Å². The minimum absolute atomic E-state index is 0.0719. The summed E-state index contributed by atoms with van der Waals surface area (Å²) in [5.41, 5.74) is 0.830. The number of amides is 2. The Labute approximate surface area is 106 Å². The number of hydrogen-bond acceptors (Lipinski definition) is 3. The molecule has 2 amide bonds. The molecule has 0 bridgehead atoms. The molecule has 1 heterocycles. The summed E-state index contributed by atoms with van der Waals surface area (Å²) >= 11 is 0. The third-order valence-electron chi connectivity index (χ3n) is 2.92. The van der Waals surface area contributed by atoms with Gasteiger partial charge in [-0.1, -0.05) is 12.2 Å².